The molecule has 4 aliphatic rings. The Hall–Kier alpha value is -0.330. The average molecular weight is 222 g/mol. The molecule has 4 aliphatic carbocycles. The Balaban J connectivity index is 0.000000457. The van der Waals surface area contributed by atoms with E-state index < -0.39 is 0 Å². The zero-order valence-electron chi connectivity index (χ0n) is 11.0. The van der Waals surface area contributed by atoms with E-state index in [0.29, 0.717) is 5.78 Å². The molecule has 16 heavy (non-hydrogen) atoms. The standard InChI is InChI=1S/C13H20O.C2H6/c1-8(14)2-13-11-4-9-3-10(6-11)7-12(13)5-9;1-2/h9-13H,2-7H2,1H3;1-2H3. The Bertz CT molecular complexity index is 228. The zero-order chi connectivity index (χ0) is 11.7. The Kier molecular flexibility index (Phi) is 3.71. The van der Waals surface area contributed by atoms with Gasteiger partial charge in [0, 0.05) is 6.42 Å². The second-order valence-corrected chi connectivity index (χ2v) is 6.00. The fraction of sp³-hybridized carbons (Fsp3) is 0.933. The van der Waals surface area contributed by atoms with Crippen molar-refractivity contribution in [2.45, 2.75) is 59.3 Å². The molecule has 0 aromatic rings. The summed E-state index contributed by atoms with van der Waals surface area (Å²) in [4.78, 5) is 11.2. The smallest absolute Gasteiger partial charge is 0.130 e. The highest BCUT2D eigenvalue weighted by molar-refractivity contribution is 5.75. The Morgan fingerprint density at radius 3 is 1.75 bits per heavy atom. The number of hydrogen-bond acceptors (Lipinski definition) is 1. The van der Waals surface area contributed by atoms with Crippen LogP contribution in [0.4, 0.5) is 0 Å². The van der Waals surface area contributed by atoms with E-state index in [1.54, 1.807) is 6.92 Å². The highest BCUT2D eigenvalue weighted by Crippen LogP contribution is 2.57. The maximum atomic E-state index is 11.2. The summed E-state index contributed by atoms with van der Waals surface area (Å²) >= 11 is 0. The first kappa shape index (κ1) is 12.1. The van der Waals surface area contributed by atoms with Crippen LogP contribution in [0.2, 0.25) is 0 Å². The molecule has 1 heteroatoms. The van der Waals surface area contributed by atoms with Crippen molar-refractivity contribution in [1.82, 2.24) is 0 Å². The van der Waals surface area contributed by atoms with E-state index in [2.05, 4.69) is 0 Å². The predicted molar refractivity (Wildman–Crippen MR) is 67.2 cm³/mol. The first-order valence-corrected chi connectivity index (χ1v) is 7.22. The molecule has 0 aromatic carbocycles. The van der Waals surface area contributed by atoms with Crippen LogP contribution in [0.1, 0.15) is 59.3 Å². The van der Waals surface area contributed by atoms with E-state index in [1.807, 2.05) is 13.8 Å². The number of hydrogen-bond donors (Lipinski definition) is 0. The van der Waals surface area contributed by atoms with Gasteiger partial charge < -0.3 is 4.79 Å². The largest absolute Gasteiger partial charge is 0.300 e. The fourth-order valence-electron chi connectivity index (χ4n) is 4.70. The summed E-state index contributed by atoms with van der Waals surface area (Å²) in [5, 5.41) is 0. The molecule has 4 bridgehead atoms. The molecule has 92 valence electrons. The summed E-state index contributed by atoms with van der Waals surface area (Å²) in [6, 6.07) is 0. The number of ketones is 1. The van der Waals surface area contributed by atoms with Crippen LogP contribution < -0.4 is 0 Å². The third-order valence-electron chi connectivity index (χ3n) is 4.95. The van der Waals surface area contributed by atoms with E-state index in [0.717, 1.165) is 36.0 Å². The molecular weight excluding hydrogens is 196 g/mol. The van der Waals surface area contributed by atoms with Gasteiger partial charge in [-0.15, -0.1) is 0 Å². The van der Waals surface area contributed by atoms with Gasteiger partial charge in [0.15, 0.2) is 0 Å². The number of carbonyl (C=O) groups is 1. The Labute approximate surface area is 100.0 Å². The van der Waals surface area contributed by atoms with Crippen molar-refractivity contribution in [3.05, 3.63) is 0 Å². The lowest BCUT2D eigenvalue weighted by atomic mass is 9.51. The molecule has 0 heterocycles. The maximum Gasteiger partial charge on any atom is 0.130 e. The molecule has 0 spiro atoms. The summed E-state index contributed by atoms with van der Waals surface area (Å²) in [7, 11) is 0. The highest BCUT2D eigenvalue weighted by Gasteiger charge is 2.47. The minimum absolute atomic E-state index is 0.419. The summed E-state index contributed by atoms with van der Waals surface area (Å²) in [6.07, 6.45) is 8.19. The number of carbonyl (C=O) groups excluding carboxylic acids is 1. The van der Waals surface area contributed by atoms with Gasteiger partial charge in [0.25, 0.3) is 0 Å². The van der Waals surface area contributed by atoms with Crippen molar-refractivity contribution in [3.8, 4) is 0 Å². The van der Waals surface area contributed by atoms with Crippen LogP contribution in [0.5, 0.6) is 0 Å². The molecule has 0 saturated heterocycles. The normalized spacial score (nSPS) is 43.8. The molecule has 0 unspecified atom stereocenters. The van der Waals surface area contributed by atoms with Gasteiger partial charge in [-0.05, 0) is 68.6 Å². The zero-order valence-corrected chi connectivity index (χ0v) is 11.0. The first-order chi connectivity index (χ1) is 7.72. The van der Waals surface area contributed by atoms with Crippen LogP contribution in [0.3, 0.4) is 0 Å². The van der Waals surface area contributed by atoms with E-state index in [9.17, 15) is 4.79 Å². The van der Waals surface area contributed by atoms with Crippen LogP contribution >= 0.6 is 0 Å². The summed E-state index contributed by atoms with van der Waals surface area (Å²) in [5.41, 5.74) is 0. The molecule has 0 amide bonds. The van der Waals surface area contributed by atoms with Crippen molar-refractivity contribution in [1.29, 1.82) is 0 Å². The van der Waals surface area contributed by atoms with Gasteiger partial charge in [0.1, 0.15) is 5.78 Å². The number of Topliss-reactive ketones (excluding diaryl/α,β-unsaturated/α-hetero) is 1. The summed E-state index contributed by atoms with van der Waals surface area (Å²) < 4.78 is 0. The minimum Gasteiger partial charge on any atom is -0.300 e. The molecule has 0 aromatic heterocycles. The SMILES string of the molecule is CC.CC(=O)CC1C2CC3CC(C2)CC1C3. The number of rotatable bonds is 2. The second kappa shape index (κ2) is 4.89. The van der Waals surface area contributed by atoms with Crippen molar-refractivity contribution >= 4 is 5.78 Å². The first-order valence-electron chi connectivity index (χ1n) is 7.22. The van der Waals surface area contributed by atoms with Gasteiger partial charge in [-0.1, -0.05) is 13.8 Å². The van der Waals surface area contributed by atoms with Gasteiger partial charge in [0.05, 0.1) is 0 Å². The lowest BCUT2D eigenvalue weighted by molar-refractivity contribution is -0.122. The van der Waals surface area contributed by atoms with Gasteiger partial charge >= 0.3 is 0 Å². The lowest BCUT2D eigenvalue weighted by Gasteiger charge is -2.54. The molecule has 0 aliphatic heterocycles. The second-order valence-electron chi connectivity index (χ2n) is 6.00. The third-order valence-corrected chi connectivity index (χ3v) is 4.95. The molecule has 0 radical (unpaired) electrons. The third kappa shape index (κ3) is 2.19. The monoisotopic (exact) mass is 222 g/mol. The van der Waals surface area contributed by atoms with E-state index in [-0.39, 0.29) is 0 Å². The maximum absolute atomic E-state index is 11.2. The van der Waals surface area contributed by atoms with Crippen LogP contribution in [0.25, 0.3) is 0 Å². The van der Waals surface area contributed by atoms with Crippen LogP contribution in [0, 0.1) is 29.6 Å². The van der Waals surface area contributed by atoms with E-state index in [1.165, 1.54) is 32.1 Å². The highest BCUT2D eigenvalue weighted by atomic mass is 16.1. The van der Waals surface area contributed by atoms with Crippen LogP contribution in [-0.4, -0.2) is 5.78 Å². The van der Waals surface area contributed by atoms with Gasteiger partial charge in [-0.25, -0.2) is 0 Å². The van der Waals surface area contributed by atoms with Crippen molar-refractivity contribution in [3.63, 3.8) is 0 Å². The van der Waals surface area contributed by atoms with Gasteiger partial charge in [0.2, 0.25) is 0 Å². The van der Waals surface area contributed by atoms with Crippen molar-refractivity contribution < 1.29 is 4.79 Å². The molecule has 4 saturated carbocycles. The fourth-order valence-corrected chi connectivity index (χ4v) is 4.70. The van der Waals surface area contributed by atoms with E-state index >= 15 is 0 Å². The molecule has 4 fully saturated rings. The van der Waals surface area contributed by atoms with Crippen molar-refractivity contribution in [2.24, 2.45) is 29.6 Å². The minimum atomic E-state index is 0.419. The van der Waals surface area contributed by atoms with Crippen LogP contribution in [-0.2, 0) is 4.79 Å². The molecule has 4 rings (SSSR count). The topological polar surface area (TPSA) is 17.1 Å². The molecule has 0 atom stereocenters. The van der Waals surface area contributed by atoms with Gasteiger partial charge in [-0.3, -0.25) is 0 Å². The molecule has 0 N–H and O–H groups in total. The van der Waals surface area contributed by atoms with Crippen molar-refractivity contribution in [2.75, 3.05) is 0 Å². The molecular formula is C15H26O. The van der Waals surface area contributed by atoms with Gasteiger partial charge in [-0.2, -0.15) is 0 Å². The predicted octanol–water partition coefficient (Wildman–Crippen LogP) is 4.06. The van der Waals surface area contributed by atoms with E-state index in [4.69, 9.17) is 0 Å². The summed E-state index contributed by atoms with van der Waals surface area (Å²) in [5.74, 6) is 5.13. The Morgan fingerprint density at radius 1 is 0.938 bits per heavy atom. The molecule has 1 nitrogen and oxygen atoms in total. The van der Waals surface area contributed by atoms with Crippen LogP contribution in [0.15, 0.2) is 0 Å². The summed E-state index contributed by atoms with van der Waals surface area (Å²) in [6.45, 7) is 5.77. The quantitative estimate of drug-likeness (QED) is 0.688. The lowest BCUT2D eigenvalue weighted by Crippen LogP contribution is -2.45. The Morgan fingerprint density at radius 2 is 1.38 bits per heavy atom. The average Bonchev–Trinajstić information content (AvgIpc) is 2.25.